The van der Waals surface area contributed by atoms with Crippen molar-refractivity contribution in [3.8, 4) is 5.75 Å². The van der Waals surface area contributed by atoms with E-state index in [1.54, 1.807) is 7.11 Å². The molecule has 1 aliphatic rings. The van der Waals surface area contributed by atoms with Gasteiger partial charge in [0.2, 0.25) is 0 Å². The third-order valence-corrected chi connectivity index (χ3v) is 4.21. The summed E-state index contributed by atoms with van der Waals surface area (Å²) in [6, 6.07) is 3.88. The fourth-order valence-corrected chi connectivity index (χ4v) is 3.01. The molecule has 0 amide bonds. The molecular formula is C13H16BrN3O2. The Morgan fingerprint density at radius 3 is 2.95 bits per heavy atom. The number of halogens is 1. The Labute approximate surface area is 120 Å². The lowest BCUT2D eigenvalue weighted by Crippen LogP contribution is -2.21. The van der Waals surface area contributed by atoms with E-state index in [0.29, 0.717) is 5.92 Å². The molecule has 6 heteroatoms. The summed E-state index contributed by atoms with van der Waals surface area (Å²) in [6.45, 7) is 2.58. The van der Waals surface area contributed by atoms with Gasteiger partial charge in [-0.05, 0) is 46.8 Å². The maximum atomic E-state index is 5.39. The highest BCUT2D eigenvalue weighted by molar-refractivity contribution is 9.10. The van der Waals surface area contributed by atoms with E-state index >= 15 is 0 Å². The first-order chi connectivity index (χ1) is 9.29. The summed E-state index contributed by atoms with van der Waals surface area (Å²) in [7, 11) is 1.65. The number of methoxy groups -OCH3 is 1. The molecule has 0 aliphatic carbocycles. The average molecular weight is 326 g/mol. The average Bonchev–Trinajstić information content (AvgIpc) is 2.85. The van der Waals surface area contributed by atoms with Crippen LogP contribution in [-0.4, -0.2) is 35.3 Å². The van der Waals surface area contributed by atoms with Crippen LogP contribution in [0.5, 0.6) is 5.75 Å². The van der Waals surface area contributed by atoms with E-state index in [2.05, 4.69) is 26.2 Å². The third kappa shape index (κ3) is 2.47. The zero-order valence-electron chi connectivity index (χ0n) is 10.8. The summed E-state index contributed by atoms with van der Waals surface area (Å²) >= 11 is 3.57. The predicted octanol–water partition coefficient (Wildman–Crippen LogP) is 2.63. The van der Waals surface area contributed by atoms with Crippen molar-refractivity contribution < 1.29 is 9.47 Å². The van der Waals surface area contributed by atoms with E-state index in [-0.39, 0.29) is 0 Å². The van der Waals surface area contributed by atoms with E-state index < -0.39 is 0 Å². The maximum absolute atomic E-state index is 5.39. The van der Waals surface area contributed by atoms with E-state index in [4.69, 9.17) is 9.47 Å². The summed E-state index contributed by atoms with van der Waals surface area (Å²) in [5.74, 6) is 1.37. The topological polar surface area (TPSA) is 49.2 Å². The molecule has 3 rings (SSSR count). The van der Waals surface area contributed by atoms with Gasteiger partial charge in [-0.3, -0.25) is 0 Å². The molecule has 0 unspecified atom stereocenters. The Morgan fingerprint density at radius 1 is 1.42 bits per heavy atom. The minimum atomic E-state index is 0.608. The van der Waals surface area contributed by atoms with Crippen molar-refractivity contribution in [2.75, 3.05) is 20.3 Å². The van der Waals surface area contributed by atoms with Crippen LogP contribution in [0.4, 0.5) is 0 Å². The van der Waals surface area contributed by atoms with Crippen molar-refractivity contribution >= 4 is 27.0 Å². The smallest absolute Gasteiger partial charge is 0.156 e. The minimum Gasteiger partial charge on any atom is -0.494 e. The fraction of sp³-hybridized carbons (Fsp3) is 0.538. The molecule has 1 saturated heterocycles. The van der Waals surface area contributed by atoms with Crippen LogP contribution in [0, 0.1) is 5.92 Å². The largest absolute Gasteiger partial charge is 0.494 e. The van der Waals surface area contributed by atoms with Gasteiger partial charge in [0.25, 0.3) is 0 Å². The second-order valence-corrected chi connectivity index (χ2v) is 5.63. The maximum Gasteiger partial charge on any atom is 0.156 e. The van der Waals surface area contributed by atoms with Gasteiger partial charge in [0.15, 0.2) is 5.52 Å². The Morgan fingerprint density at radius 2 is 2.21 bits per heavy atom. The first kappa shape index (κ1) is 12.9. The van der Waals surface area contributed by atoms with Gasteiger partial charge < -0.3 is 9.47 Å². The van der Waals surface area contributed by atoms with Crippen LogP contribution in [0.15, 0.2) is 16.6 Å². The van der Waals surface area contributed by atoms with Gasteiger partial charge in [0.1, 0.15) is 11.3 Å². The molecule has 1 aromatic carbocycles. The first-order valence-electron chi connectivity index (χ1n) is 6.43. The van der Waals surface area contributed by atoms with Crippen molar-refractivity contribution in [3.63, 3.8) is 0 Å². The van der Waals surface area contributed by atoms with Crippen LogP contribution in [0.25, 0.3) is 11.0 Å². The van der Waals surface area contributed by atoms with Crippen molar-refractivity contribution in [2.45, 2.75) is 19.4 Å². The summed E-state index contributed by atoms with van der Waals surface area (Å²) < 4.78 is 13.7. The van der Waals surface area contributed by atoms with Gasteiger partial charge in [0, 0.05) is 24.2 Å². The molecule has 0 saturated carbocycles. The number of rotatable bonds is 3. The molecule has 102 valence electrons. The zero-order chi connectivity index (χ0) is 13.2. The van der Waals surface area contributed by atoms with E-state index in [0.717, 1.165) is 53.9 Å². The summed E-state index contributed by atoms with van der Waals surface area (Å²) in [6.07, 6.45) is 2.17. The molecule has 5 nitrogen and oxygen atoms in total. The van der Waals surface area contributed by atoms with Crippen molar-refractivity contribution in [3.05, 3.63) is 16.6 Å². The number of fused-ring (bicyclic) bond motifs is 1. The number of hydrogen-bond acceptors (Lipinski definition) is 4. The lowest BCUT2D eigenvalue weighted by molar-refractivity contribution is 0.0604. The number of ether oxygens (including phenoxy) is 2. The summed E-state index contributed by atoms with van der Waals surface area (Å²) in [5.41, 5.74) is 1.81. The summed E-state index contributed by atoms with van der Waals surface area (Å²) in [5, 5.41) is 8.52. The fourth-order valence-electron chi connectivity index (χ4n) is 2.49. The second kappa shape index (κ2) is 5.46. The molecule has 0 radical (unpaired) electrons. The molecule has 1 aromatic heterocycles. The van der Waals surface area contributed by atoms with Gasteiger partial charge in [-0.1, -0.05) is 5.21 Å². The predicted molar refractivity (Wildman–Crippen MR) is 75.3 cm³/mol. The molecule has 19 heavy (non-hydrogen) atoms. The number of benzene rings is 1. The van der Waals surface area contributed by atoms with Crippen molar-refractivity contribution in [1.82, 2.24) is 15.0 Å². The number of nitrogens with zero attached hydrogens (tertiary/aromatic N) is 3. The molecule has 0 N–H and O–H groups in total. The quantitative estimate of drug-likeness (QED) is 0.870. The number of hydrogen-bond donors (Lipinski definition) is 0. The Balaban J connectivity index is 1.95. The SMILES string of the molecule is COc1ccc(Br)c2c1nnn2CC1CCOCC1. The Bertz CT molecular complexity index is 579. The van der Waals surface area contributed by atoms with Gasteiger partial charge in [-0.2, -0.15) is 0 Å². The monoisotopic (exact) mass is 325 g/mol. The highest BCUT2D eigenvalue weighted by atomic mass is 79.9. The van der Waals surface area contributed by atoms with Gasteiger partial charge in [-0.25, -0.2) is 4.68 Å². The number of aromatic nitrogens is 3. The van der Waals surface area contributed by atoms with Crippen LogP contribution in [-0.2, 0) is 11.3 Å². The zero-order valence-corrected chi connectivity index (χ0v) is 12.4. The normalized spacial score (nSPS) is 16.9. The van der Waals surface area contributed by atoms with Gasteiger partial charge in [0.05, 0.1) is 7.11 Å². The second-order valence-electron chi connectivity index (χ2n) is 4.77. The standard InChI is InChI=1S/C13H16BrN3O2/c1-18-11-3-2-10(14)13-12(11)15-16-17(13)8-9-4-6-19-7-5-9/h2-3,9H,4-8H2,1H3. The Kier molecular flexibility index (Phi) is 3.70. The third-order valence-electron chi connectivity index (χ3n) is 3.57. The highest BCUT2D eigenvalue weighted by Gasteiger charge is 2.18. The van der Waals surface area contributed by atoms with E-state index in [1.165, 1.54) is 0 Å². The molecular weight excluding hydrogens is 310 g/mol. The highest BCUT2D eigenvalue weighted by Crippen LogP contribution is 2.30. The molecule has 1 aliphatic heterocycles. The molecule has 1 fully saturated rings. The van der Waals surface area contributed by atoms with Crippen LogP contribution in [0.3, 0.4) is 0 Å². The first-order valence-corrected chi connectivity index (χ1v) is 7.22. The molecule has 0 bridgehead atoms. The Hall–Kier alpha value is -1.14. The minimum absolute atomic E-state index is 0.608. The van der Waals surface area contributed by atoms with Crippen LogP contribution < -0.4 is 4.74 Å². The lowest BCUT2D eigenvalue weighted by atomic mass is 10.0. The van der Waals surface area contributed by atoms with Crippen molar-refractivity contribution in [1.29, 1.82) is 0 Å². The van der Waals surface area contributed by atoms with E-state index in [9.17, 15) is 0 Å². The summed E-state index contributed by atoms with van der Waals surface area (Å²) in [4.78, 5) is 0. The van der Waals surface area contributed by atoms with Gasteiger partial charge in [-0.15, -0.1) is 5.10 Å². The molecule has 0 spiro atoms. The van der Waals surface area contributed by atoms with Crippen LogP contribution in [0.1, 0.15) is 12.8 Å². The van der Waals surface area contributed by atoms with Crippen LogP contribution in [0.2, 0.25) is 0 Å². The van der Waals surface area contributed by atoms with Gasteiger partial charge >= 0.3 is 0 Å². The van der Waals surface area contributed by atoms with Crippen molar-refractivity contribution in [2.24, 2.45) is 5.92 Å². The molecule has 2 heterocycles. The van der Waals surface area contributed by atoms with Crippen LogP contribution >= 0.6 is 15.9 Å². The molecule has 2 aromatic rings. The lowest BCUT2D eigenvalue weighted by Gasteiger charge is -2.21. The molecule has 0 atom stereocenters. The van der Waals surface area contributed by atoms with E-state index in [1.807, 2.05) is 16.8 Å².